The van der Waals surface area contributed by atoms with Crippen LogP contribution < -0.4 is 36.8 Å². The predicted octanol–water partition coefficient (Wildman–Crippen LogP) is 5.11. The van der Waals surface area contributed by atoms with Gasteiger partial charge in [-0.15, -0.1) is 37.2 Å². The van der Waals surface area contributed by atoms with Gasteiger partial charge in [-0.3, -0.25) is 38.6 Å². The zero-order valence-corrected chi connectivity index (χ0v) is 49.7. The van der Waals surface area contributed by atoms with Crippen LogP contribution in [-0.4, -0.2) is 166 Å². The molecule has 0 bridgehead atoms. The molecule has 4 aromatic rings. The third-order valence-electron chi connectivity index (χ3n) is 16.5. The molecule has 83 heavy (non-hydrogen) atoms. The Morgan fingerprint density at radius 1 is 0.831 bits per heavy atom. The van der Waals surface area contributed by atoms with Crippen molar-refractivity contribution in [3.05, 3.63) is 124 Å². The summed E-state index contributed by atoms with van der Waals surface area (Å²) in [4.78, 5) is 93.2. The highest BCUT2D eigenvalue weighted by Crippen LogP contribution is 2.42. The highest BCUT2D eigenvalue weighted by atomic mass is 35.5. The lowest BCUT2D eigenvalue weighted by atomic mass is 9.83. The van der Waals surface area contributed by atoms with Gasteiger partial charge in [0.25, 0.3) is 0 Å². The molecule has 6 amide bonds. The molecule has 6 N–H and O–H groups in total. The molecule has 452 valence electrons. The average molecular weight is 1220 g/mol. The van der Waals surface area contributed by atoms with E-state index >= 15 is 0 Å². The first-order chi connectivity index (χ1) is 38.4. The van der Waals surface area contributed by atoms with Gasteiger partial charge in [0, 0.05) is 88.4 Å². The minimum absolute atomic E-state index is 0. The smallest absolute Gasteiger partial charge is 0.247 e. The molecule has 0 aromatic heterocycles. The lowest BCUT2D eigenvalue weighted by Gasteiger charge is -2.43. The molecule has 0 saturated carbocycles. The van der Waals surface area contributed by atoms with Crippen molar-refractivity contribution in [1.29, 1.82) is 0 Å². The number of hydrogen-bond donors (Lipinski definition) is 6. The number of fused-ring (bicyclic) bond motifs is 2. The molecule has 18 nitrogen and oxygen atoms in total. The van der Waals surface area contributed by atoms with E-state index in [1.165, 1.54) is 23.1 Å². The number of hydrogen-bond acceptors (Lipinski definition) is 12. The monoisotopic (exact) mass is 1210 g/mol. The van der Waals surface area contributed by atoms with Crippen LogP contribution in [0.1, 0.15) is 68.4 Å². The Morgan fingerprint density at radius 2 is 1.54 bits per heavy atom. The van der Waals surface area contributed by atoms with Gasteiger partial charge in [0.1, 0.15) is 35.2 Å². The summed E-state index contributed by atoms with van der Waals surface area (Å²) in [6, 6.07) is 17.5. The Kier molecular flexibility index (Phi) is 23.4. The predicted molar refractivity (Wildman–Crippen MR) is 317 cm³/mol. The number of carbonyl (C=O) groups is 6. The van der Waals surface area contributed by atoms with Gasteiger partial charge in [0.05, 0.1) is 37.8 Å². The topological polar surface area (TPSA) is 206 Å². The normalized spacial score (nSPS) is 22.5. The number of nitrogens with zero attached hydrogens (tertiary/aromatic N) is 4. The number of carbonyl (C=O) groups excluding carboxylic acids is 6. The SMILES string of the molecule is CN[C@@H](C)C(=O)N[C@H](C(=O)N1Cc2cc(NC(=O)CNC(=O)C3(C)CN(C(=O)CN4C[C@@H](C)NC[C@@H]4CN4CCOC[C@H]4C)c4cc(Cc5ccc(F)cc5)ccc43)ccc2C[C@H]1C(=O)Nc1c(F)cccc1F)C1CCOCC1.Cl.Cl.Cl. The summed E-state index contributed by atoms with van der Waals surface area (Å²) >= 11 is 0. The van der Waals surface area contributed by atoms with E-state index in [1.807, 2.05) is 18.2 Å². The minimum atomic E-state index is -1.27. The van der Waals surface area contributed by atoms with Crippen LogP contribution in [0.3, 0.4) is 0 Å². The number of amides is 6. The molecule has 24 heteroatoms. The lowest BCUT2D eigenvalue weighted by molar-refractivity contribution is -0.145. The molecule has 9 rings (SSSR count). The number of piperazine rings is 1. The lowest BCUT2D eigenvalue weighted by Crippen LogP contribution is -2.62. The first kappa shape index (κ1) is 66.3. The summed E-state index contributed by atoms with van der Waals surface area (Å²) in [5.74, 6) is -5.74. The third kappa shape index (κ3) is 15.5. The van der Waals surface area contributed by atoms with E-state index < -0.39 is 76.9 Å². The number of para-hydroxylation sites is 1. The van der Waals surface area contributed by atoms with Gasteiger partial charge in [0.2, 0.25) is 35.4 Å². The van der Waals surface area contributed by atoms with E-state index in [9.17, 15) is 41.9 Å². The molecule has 0 aliphatic carbocycles. The Hall–Kier alpha value is -5.88. The van der Waals surface area contributed by atoms with Crippen LogP contribution in [0.15, 0.2) is 78.9 Å². The van der Waals surface area contributed by atoms with Crippen molar-refractivity contribution in [3.8, 4) is 0 Å². The standard InChI is InChI=1S/C59H73F3N10O8.3ClH/c1-35-29-70(45(27-64-35)31-69-19-22-80-33-36(69)2)32-52(74)72-34-59(4,46-16-11-39(24-49(46)72)23-38-9-13-43(60)14-10-38)58(78)65-28-51(73)66-44-15-12-41-26-50(56(76)68-54-47(61)7-6-8-48(54)62)71(30-42(41)25-44)57(77)53(40-17-20-79-21-18-40)67-55(75)37(3)63-5;;;/h6-16,24-25,35-37,40,45,50,53,63-64H,17-23,26-34H2,1-5H3,(H,65,78)(H,66,73)(H,67,75)(H,68,76);3*1H/t35-,36-,37+,45-,50+,53+,59?;;;/m1.../s1. The van der Waals surface area contributed by atoms with Gasteiger partial charge in [-0.2, -0.15) is 0 Å². The van der Waals surface area contributed by atoms with Crippen molar-refractivity contribution in [2.45, 2.75) is 102 Å². The Labute approximate surface area is 501 Å². The van der Waals surface area contributed by atoms with Crippen LogP contribution in [0.4, 0.5) is 30.2 Å². The number of anilines is 3. The quantitative estimate of drug-likeness (QED) is 0.0817. The third-order valence-corrected chi connectivity index (χ3v) is 16.5. The van der Waals surface area contributed by atoms with Gasteiger partial charge < -0.3 is 51.2 Å². The van der Waals surface area contributed by atoms with Crippen molar-refractivity contribution < 1.29 is 51.4 Å². The number of rotatable bonds is 17. The first-order valence-corrected chi connectivity index (χ1v) is 27.7. The molecule has 0 radical (unpaired) electrons. The maximum absolute atomic E-state index is 14.9. The van der Waals surface area contributed by atoms with E-state index in [-0.39, 0.29) is 99.0 Å². The maximum atomic E-state index is 14.9. The van der Waals surface area contributed by atoms with E-state index in [4.69, 9.17) is 9.47 Å². The summed E-state index contributed by atoms with van der Waals surface area (Å²) in [5.41, 5.74) is 2.55. The summed E-state index contributed by atoms with van der Waals surface area (Å²) in [5, 5.41) is 17.4. The molecule has 3 saturated heterocycles. The fourth-order valence-electron chi connectivity index (χ4n) is 11.6. The van der Waals surface area contributed by atoms with Gasteiger partial charge in [-0.1, -0.05) is 36.4 Å². The highest BCUT2D eigenvalue weighted by molar-refractivity contribution is 6.04. The molecular weight excluding hydrogens is 1140 g/mol. The second-order valence-electron chi connectivity index (χ2n) is 22.2. The molecule has 7 atom stereocenters. The van der Waals surface area contributed by atoms with Crippen LogP contribution in [-0.2, 0) is 63.0 Å². The van der Waals surface area contributed by atoms with Crippen molar-refractivity contribution >= 4 is 89.7 Å². The number of nitrogens with one attached hydrogen (secondary N) is 6. The van der Waals surface area contributed by atoms with Crippen molar-refractivity contribution in [2.75, 3.05) is 94.8 Å². The molecule has 5 heterocycles. The second kappa shape index (κ2) is 29.3. The van der Waals surface area contributed by atoms with Gasteiger partial charge in [-0.05, 0) is 130 Å². The molecule has 5 aliphatic heterocycles. The Morgan fingerprint density at radius 3 is 2.24 bits per heavy atom. The van der Waals surface area contributed by atoms with Crippen molar-refractivity contribution in [3.63, 3.8) is 0 Å². The van der Waals surface area contributed by atoms with Crippen LogP contribution >= 0.6 is 37.2 Å². The number of morpholine rings is 1. The van der Waals surface area contributed by atoms with E-state index in [2.05, 4.69) is 55.5 Å². The van der Waals surface area contributed by atoms with Gasteiger partial charge >= 0.3 is 0 Å². The minimum Gasteiger partial charge on any atom is -0.381 e. The zero-order chi connectivity index (χ0) is 56.8. The summed E-state index contributed by atoms with van der Waals surface area (Å²) in [6.45, 7) is 12.1. The molecule has 0 spiro atoms. The number of benzene rings is 4. The van der Waals surface area contributed by atoms with E-state index in [0.29, 0.717) is 86.8 Å². The summed E-state index contributed by atoms with van der Waals surface area (Å²) in [7, 11) is 1.61. The largest absolute Gasteiger partial charge is 0.381 e. The molecule has 4 aromatic carbocycles. The number of ether oxygens (including phenoxy) is 2. The van der Waals surface area contributed by atoms with E-state index in [0.717, 1.165) is 36.3 Å². The average Bonchev–Trinajstić information content (AvgIpc) is 3.81. The molecular formula is C59H76Cl3F3N10O8. The maximum Gasteiger partial charge on any atom is 0.247 e. The van der Waals surface area contributed by atoms with Crippen molar-refractivity contribution in [1.82, 2.24) is 36.0 Å². The fourth-order valence-corrected chi connectivity index (χ4v) is 11.6. The molecule has 3 fully saturated rings. The number of likely N-dealkylation sites (N-methyl/N-ethyl adjacent to an activating group) is 1. The molecule has 5 aliphatic rings. The van der Waals surface area contributed by atoms with Gasteiger partial charge in [-0.25, -0.2) is 13.2 Å². The van der Waals surface area contributed by atoms with Gasteiger partial charge in [0.15, 0.2) is 0 Å². The summed E-state index contributed by atoms with van der Waals surface area (Å²) < 4.78 is 55.0. The zero-order valence-electron chi connectivity index (χ0n) is 47.3. The first-order valence-electron chi connectivity index (χ1n) is 27.7. The van der Waals surface area contributed by atoms with E-state index in [1.54, 1.807) is 56.1 Å². The van der Waals surface area contributed by atoms with Crippen molar-refractivity contribution in [2.24, 2.45) is 5.92 Å². The van der Waals surface area contributed by atoms with Crippen LogP contribution in [0.25, 0.3) is 0 Å². The molecule has 1 unspecified atom stereocenters. The van der Waals surface area contributed by atoms with Crippen LogP contribution in [0.5, 0.6) is 0 Å². The summed E-state index contributed by atoms with van der Waals surface area (Å²) in [6.07, 6.45) is 1.30. The van der Waals surface area contributed by atoms with Crippen LogP contribution in [0.2, 0.25) is 0 Å². The highest BCUT2D eigenvalue weighted by Gasteiger charge is 2.48. The number of halogens is 6. The Bertz CT molecular complexity index is 2940. The fraction of sp³-hybridized carbons (Fsp3) is 0.492. The second-order valence-corrected chi connectivity index (χ2v) is 22.2. The van der Waals surface area contributed by atoms with Crippen LogP contribution in [0, 0.1) is 23.4 Å². The Balaban J connectivity index is 0.00000369.